The highest BCUT2D eigenvalue weighted by Gasteiger charge is 1.94. The highest BCUT2D eigenvalue weighted by molar-refractivity contribution is 5.53. The third kappa shape index (κ3) is 2.58. The monoisotopic (exact) mass is 115 g/mol. The fourth-order valence-corrected chi connectivity index (χ4v) is 0.267. The highest BCUT2D eigenvalue weighted by Crippen LogP contribution is 1.83. The summed E-state index contributed by atoms with van der Waals surface area (Å²) in [6, 6.07) is 0.332. The quantitative estimate of drug-likeness (QED) is 0.242. The summed E-state index contributed by atoms with van der Waals surface area (Å²) in [4.78, 5) is 3.73. The average Bonchev–Trinajstić information content (AvgIpc) is 1.67. The van der Waals surface area contributed by atoms with Gasteiger partial charge in [0.05, 0.1) is 6.34 Å². The Labute approximate surface area is 50.2 Å². The second-order valence-corrected chi connectivity index (χ2v) is 1.91. The van der Waals surface area contributed by atoms with E-state index in [2.05, 4.69) is 4.99 Å². The van der Waals surface area contributed by atoms with Crippen LogP contribution in [0.2, 0.25) is 0 Å². The topological polar surface area (TPSA) is 41.6 Å². The minimum atomic E-state index is 0.332. The van der Waals surface area contributed by atoms with Crippen molar-refractivity contribution in [2.75, 3.05) is 7.05 Å². The number of nitrogens with zero attached hydrogens (tertiary/aromatic N) is 2. The summed E-state index contributed by atoms with van der Waals surface area (Å²) >= 11 is 0. The minimum Gasteiger partial charge on any atom is -0.299 e. The molecule has 0 spiro atoms. The van der Waals surface area contributed by atoms with E-state index in [4.69, 9.17) is 5.84 Å². The Balaban J connectivity index is 3.47. The van der Waals surface area contributed by atoms with Gasteiger partial charge in [0.25, 0.3) is 0 Å². The molecule has 0 aromatic carbocycles. The molecular weight excluding hydrogens is 102 g/mol. The zero-order valence-corrected chi connectivity index (χ0v) is 5.63. The lowest BCUT2D eigenvalue weighted by atomic mass is 10.4. The normalized spacial score (nSPS) is 11.1. The van der Waals surface area contributed by atoms with Crippen LogP contribution in [0.4, 0.5) is 0 Å². The van der Waals surface area contributed by atoms with Crippen LogP contribution in [0.25, 0.3) is 0 Å². The van der Waals surface area contributed by atoms with Crippen LogP contribution in [0.5, 0.6) is 0 Å². The number of aliphatic imine (C=N–C) groups is 1. The van der Waals surface area contributed by atoms with E-state index in [-0.39, 0.29) is 0 Å². The summed E-state index contributed by atoms with van der Waals surface area (Å²) in [6.45, 7) is 4.00. The van der Waals surface area contributed by atoms with Crippen molar-refractivity contribution in [2.45, 2.75) is 19.9 Å². The standard InChI is InChI=1S/C5H13N3/c1-5(2)8(6)4-7-3/h4-5H,6H2,1-3H3. The summed E-state index contributed by atoms with van der Waals surface area (Å²) in [7, 11) is 1.70. The molecule has 0 fully saturated rings. The molecule has 0 aromatic rings. The van der Waals surface area contributed by atoms with Gasteiger partial charge >= 0.3 is 0 Å². The Morgan fingerprint density at radius 2 is 2.12 bits per heavy atom. The van der Waals surface area contributed by atoms with Crippen molar-refractivity contribution < 1.29 is 0 Å². The molecule has 0 unspecified atom stereocenters. The molecule has 8 heavy (non-hydrogen) atoms. The van der Waals surface area contributed by atoms with Crippen LogP contribution >= 0.6 is 0 Å². The third-order valence-electron chi connectivity index (χ3n) is 0.845. The van der Waals surface area contributed by atoms with Crippen molar-refractivity contribution >= 4 is 6.34 Å². The minimum absolute atomic E-state index is 0.332. The summed E-state index contributed by atoms with van der Waals surface area (Å²) in [5.41, 5.74) is 0. The SMILES string of the molecule is CN=CN(N)C(C)C. The number of hydrogen-bond acceptors (Lipinski definition) is 2. The molecule has 2 N–H and O–H groups in total. The number of nitrogens with two attached hydrogens (primary N) is 1. The molecule has 0 atom stereocenters. The maximum absolute atomic E-state index is 5.41. The second-order valence-electron chi connectivity index (χ2n) is 1.91. The lowest BCUT2D eigenvalue weighted by Gasteiger charge is -2.15. The number of rotatable bonds is 2. The summed E-state index contributed by atoms with van der Waals surface area (Å²) < 4.78 is 0. The molecule has 0 bridgehead atoms. The van der Waals surface area contributed by atoms with E-state index in [1.54, 1.807) is 18.4 Å². The van der Waals surface area contributed by atoms with Gasteiger partial charge in [-0.15, -0.1) is 0 Å². The van der Waals surface area contributed by atoms with Crippen LogP contribution in [0.15, 0.2) is 4.99 Å². The lowest BCUT2D eigenvalue weighted by Crippen LogP contribution is -2.35. The first-order valence-electron chi connectivity index (χ1n) is 2.63. The smallest absolute Gasteiger partial charge is 0.0989 e. The van der Waals surface area contributed by atoms with E-state index in [0.29, 0.717) is 6.04 Å². The maximum Gasteiger partial charge on any atom is 0.0989 e. The first kappa shape index (κ1) is 7.43. The lowest BCUT2D eigenvalue weighted by molar-refractivity contribution is 0.374. The summed E-state index contributed by atoms with van der Waals surface area (Å²) in [5.74, 6) is 5.41. The average molecular weight is 115 g/mol. The van der Waals surface area contributed by atoms with Crippen LogP contribution in [-0.4, -0.2) is 24.4 Å². The fraction of sp³-hybridized carbons (Fsp3) is 0.800. The van der Waals surface area contributed by atoms with Crippen LogP contribution in [-0.2, 0) is 0 Å². The molecule has 0 rings (SSSR count). The van der Waals surface area contributed by atoms with Gasteiger partial charge < -0.3 is 0 Å². The van der Waals surface area contributed by atoms with E-state index >= 15 is 0 Å². The predicted octanol–water partition coefficient (Wildman–Crippen LogP) is 0.229. The Morgan fingerprint density at radius 1 is 1.62 bits per heavy atom. The summed E-state index contributed by atoms with van der Waals surface area (Å²) in [5, 5.41) is 1.56. The zero-order chi connectivity index (χ0) is 6.57. The van der Waals surface area contributed by atoms with Crippen molar-refractivity contribution in [1.29, 1.82) is 0 Å². The molecule has 48 valence electrons. The molecule has 0 saturated heterocycles. The molecular formula is C5H13N3. The van der Waals surface area contributed by atoms with Gasteiger partial charge in [0.15, 0.2) is 0 Å². The molecule has 3 nitrogen and oxygen atoms in total. The van der Waals surface area contributed by atoms with Gasteiger partial charge in [0.2, 0.25) is 0 Å². The van der Waals surface area contributed by atoms with Gasteiger partial charge in [-0.3, -0.25) is 10.0 Å². The van der Waals surface area contributed by atoms with Gasteiger partial charge in [0, 0.05) is 13.1 Å². The van der Waals surface area contributed by atoms with Crippen LogP contribution in [0.3, 0.4) is 0 Å². The molecule has 0 aliphatic carbocycles. The van der Waals surface area contributed by atoms with Crippen LogP contribution < -0.4 is 5.84 Å². The molecule has 0 aliphatic rings. The van der Waals surface area contributed by atoms with E-state index in [1.807, 2.05) is 13.8 Å². The van der Waals surface area contributed by atoms with Crippen molar-refractivity contribution in [3.63, 3.8) is 0 Å². The Morgan fingerprint density at radius 3 is 2.25 bits per heavy atom. The molecule has 0 radical (unpaired) electrons. The predicted molar refractivity (Wildman–Crippen MR) is 35.6 cm³/mol. The van der Waals surface area contributed by atoms with Gasteiger partial charge in [0.1, 0.15) is 0 Å². The zero-order valence-electron chi connectivity index (χ0n) is 5.63. The van der Waals surface area contributed by atoms with Gasteiger partial charge in [-0.1, -0.05) is 0 Å². The van der Waals surface area contributed by atoms with Crippen molar-refractivity contribution in [3.8, 4) is 0 Å². The van der Waals surface area contributed by atoms with Gasteiger partial charge in [-0.05, 0) is 13.8 Å². The van der Waals surface area contributed by atoms with Gasteiger partial charge in [-0.2, -0.15) is 0 Å². The molecule has 0 amide bonds. The Kier molecular flexibility index (Phi) is 3.19. The molecule has 0 saturated carbocycles. The molecule has 0 aliphatic heterocycles. The molecule has 0 heterocycles. The van der Waals surface area contributed by atoms with Crippen LogP contribution in [0.1, 0.15) is 13.8 Å². The highest BCUT2D eigenvalue weighted by atomic mass is 15.4. The number of hydrogen-bond donors (Lipinski definition) is 1. The third-order valence-corrected chi connectivity index (χ3v) is 0.845. The Hall–Kier alpha value is -0.570. The second kappa shape index (κ2) is 3.43. The van der Waals surface area contributed by atoms with Crippen molar-refractivity contribution in [2.24, 2.45) is 10.8 Å². The fourth-order valence-electron chi connectivity index (χ4n) is 0.267. The van der Waals surface area contributed by atoms with Crippen molar-refractivity contribution in [3.05, 3.63) is 0 Å². The van der Waals surface area contributed by atoms with Gasteiger partial charge in [-0.25, -0.2) is 5.84 Å². The first-order valence-corrected chi connectivity index (χ1v) is 2.63. The Bertz CT molecular complexity index is 77.7. The number of hydrazine groups is 1. The summed E-state index contributed by atoms with van der Waals surface area (Å²) in [6.07, 6.45) is 1.60. The van der Waals surface area contributed by atoms with Crippen LogP contribution in [0, 0.1) is 0 Å². The van der Waals surface area contributed by atoms with E-state index in [0.717, 1.165) is 0 Å². The molecule has 0 aromatic heterocycles. The van der Waals surface area contributed by atoms with E-state index < -0.39 is 0 Å². The molecule has 3 heteroatoms. The largest absolute Gasteiger partial charge is 0.299 e. The van der Waals surface area contributed by atoms with Crippen molar-refractivity contribution in [1.82, 2.24) is 5.01 Å². The van der Waals surface area contributed by atoms with E-state index in [1.165, 1.54) is 0 Å². The maximum atomic E-state index is 5.41. The van der Waals surface area contributed by atoms with E-state index in [9.17, 15) is 0 Å². The first-order chi connectivity index (χ1) is 3.68.